The molecule has 8 nitrogen and oxygen atoms in total. The number of carboxylic acid groups (broad SMARTS) is 2. The van der Waals surface area contributed by atoms with Crippen LogP contribution in [0.5, 0.6) is 5.75 Å². The van der Waals surface area contributed by atoms with Crippen molar-refractivity contribution in [3.05, 3.63) is 99.5 Å². The average molecular weight is 519 g/mol. The van der Waals surface area contributed by atoms with Gasteiger partial charge in [-0.2, -0.15) is 0 Å². The first kappa shape index (κ1) is 26.0. The quantitative estimate of drug-likeness (QED) is 0.349. The molecule has 0 amide bonds. The number of carbonyl (C=O) groups excluding carboxylic acids is 1. The predicted molar refractivity (Wildman–Crippen MR) is 127 cm³/mol. The molecule has 1 unspecified atom stereocenters. The van der Waals surface area contributed by atoms with E-state index in [0.29, 0.717) is 5.75 Å². The van der Waals surface area contributed by atoms with Crippen LogP contribution in [-0.4, -0.2) is 35.2 Å². The van der Waals surface area contributed by atoms with Crippen LogP contribution in [0, 0.1) is 0 Å². The Bertz CT molecular complexity index is 1210. The summed E-state index contributed by atoms with van der Waals surface area (Å²) in [6.07, 6.45) is -5.04. The summed E-state index contributed by atoms with van der Waals surface area (Å²) in [4.78, 5) is 37.3. The van der Waals surface area contributed by atoms with Gasteiger partial charge in [-0.05, 0) is 29.8 Å². The van der Waals surface area contributed by atoms with E-state index in [1.807, 2.05) is 0 Å². The van der Waals surface area contributed by atoms with Crippen molar-refractivity contribution in [1.29, 1.82) is 0 Å². The van der Waals surface area contributed by atoms with E-state index in [1.165, 1.54) is 55.6 Å². The van der Waals surface area contributed by atoms with Crippen LogP contribution in [0.25, 0.3) is 0 Å². The van der Waals surface area contributed by atoms with Gasteiger partial charge in [0.2, 0.25) is 6.10 Å². The van der Waals surface area contributed by atoms with E-state index in [2.05, 4.69) is 0 Å². The van der Waals surface area contributed by atoms with Crippen LogP contribution in [0.3, 0.4) is 0 Å². The molecule has 10 heteroatoms. The van der Waals surface area contributed by atoms with Crippen molar-refractivity contribution in [2.75, 3.05) is 7.11 Å². The Morgan fingerprint density at radius 2 is 1.20 bits per heavy atom. The largest absolute Gasteiger partial charge is 0.497 e. The molecule has 0 saturated heterocycles. The van der Waals surface area contributed by atoms with Crippen LogP contribution in [0.15, 0.2) is 72.8 Å². The SMILES string of the molecule is COc1ccc(C(O[C@@H](C(=O)O)c2ccccc2Cl)C(=O)O[C@@H](C(=O)O)c2ccccc2Cl)cc1. The Labute approximate surface area is 210 Å². The zero-order valence-corrected chi connectivity index (χ0v) is 19.8. The molecule has 0 aliphatic rings. The third-order valence-corrected chi connectivity index (χ3v) is 5.65. The maximum absolute atomic E-state index is 13.3. The molecule has 0 fully saturated rings. The van der Waals surface area contributed by atoms with Gasteiger partial charge in [0.05, 0.1) is 7.11 Å². The van der Waals surface area contributed by atoms with Crippen LogP contribution < -0.4 is 4.74 Å². The van der Waals surface area contributed by atoms with Crippen LogP contribution in [0.4, 0.5) is 0 Å². The molecule has 0 aliphatic heterocycles. The highest BCUT2D eigenvalue weighted by molar-refractivity contribution is 6.32. The van der Waals surface area contributed by atoms with E-state index in [1.54, 1.807) is 24.3 Å². The number of carboxylic acids is 2. The highest BCUT2D eigenvalue weighted by atomic mass is 35.5. The van der Waals surface area contributed by atoms with Gasteiger partial charge in [-0.1, -0.05) is 71.7 Å². The van der Waals surface area contributed by atoms with Crippen molar-refractivity contribution < 1.29 is 38.8 Å². The van der Waals surface area contributed by atoms with Crippen molar-refractivity contribution in [1.82, 2.24) is 0 Å². The number of methoxy groups -OCH3 is 1. The van der Waals surface area contributed by atoms with Crippen LogP contribution in [-0.2, 0) is 23.9 Å². The van der Waals surface area contributed by atoms with Crippen molar-refractivity contribution in [3.8, 4) is 5.75 Å². The van der Waals surface area contributed by atoms with E-state index >= 15 is 0 Å². The van der Waals surface area contributed by atoms with Gasteiger partial charge in [0.15, 0.2) is 12.2 Å². The highest BCUT2D eigenvalue weighted by Crippen LogP contribution is 2.34. The van der Waals surface area contributed by atoms with E-state index in [0.717, 1.165) is 0 Å². The number of ether oxygens (including phenoxy) is 3. The zero-order valence-electron chi connectivity index (χ0n) is 18.3. The Hall–Kier alpha value is -3.59. The zero-order chi connectivity index (χ0) is 25.5. The molecule has 0 aliphatic carbocycles. The Morgan fingerprint density at radius 1 is 0.714 bits per heavy atom. The van der Waals surface area contributed by atoms with E-state index in [-0.39, 0.29) is 26.7 Å². The fourth-order valence-corrected chi connectivity index (χ4v) is 3.72. The average Bonchev–Trinajstić information content (AvgIpc) is 2.84. The summed E-state index contributed by atoms with van der Waals surface area (Å²) < 4.78 is 16.1. The molecule has 0 aromatic heterocycles. The predicted octanol–water partition coefficient (Wildman–Crippen LogP) is 5.25. The second-order valence-electron chi connectivity index (χ2n) is 7.21. The topological polar surface area (TPSA) is 119 Å². The van der Waals surface area contributed by atoms with Crippen molar-refractivity contribution in [2.45, 2.75) is 18.3 Å². The van der Waals surface area contributed by atoms with Gasteiger partial charge in [0.25, 0.3) is 0 Å². The molecule has 0 radical (unpaired) electrons. The minimum atomic E-state index is -1.76. The van der Waals surface area contributed by atoms with Gasteiger partial charge in [0, 0.05) is 21.2 Å². The van der Waals surface area contributed by atoms with Gasteiger partial charge in [0.1, 0.15) is 5.75 Å². The second-order valence-corrected chi connectivity index (χ2v) is 8.02. The van der Waals surface area contributed by atoms with Gasteiger partial charge in [-0.25, -0.2) is 14.4 Å². The first-order chi connectivity index (χ1) is 16.7. The van der Waals surface area contributed by atoms with Gasteiger partial charge < -0.3 is 24.4 Å². The minimum Gasteiger partial charge on any atom is -0.497 e. The summed E-state index contributed by atoms with van der Waals surface area (Å²) in [6, 6.07) is 18.1. The lowest BCUT2D eigenvalue weighted by Crippen LogP contribution is -2.28. The summed E-state index contributed by atoms with van der Waals surface area (Å²) in [5.74, 6) is -3.55. The number of hydrogen-bond donors (Lipinski definition) is 2. The second kappa shape index (κ2) is 11.7. The fourth-order valence-electron chi connectivity index (χ4n) is 3.25. The summed E-state index contributed by atoms with van der Waals surface area (Å²) in [6.45, 7) is 0. The smallest absolute Gasteiger partial charge is 0.349 e. The molecular weight excluding hydrogens is 499 g/mol. The molecule has 0 saturated carbocycles. The molecule has 3 aromatic carbocycles. The minimum absolute atomic E-state index is 0.0457. The third-order valence-electron chi connectivity index (χ3n) is 4.96. The molecule has 35 heavy (non-hydrogen) atoms. The van der Waals surface area contributed by atoms with Crippen molar-refractivity contribution in [3.63, 3.8) is 0 Å². The van der Waals surface area contributed by atoms with Gasteiger partial charge in [-0.3, -0.25) is 0 Å². The number of aliphatic carboxylic acids is 2. The van der Waals surface area contributed by atoms with Crippen molar-refractivity contribution in [2.24, 2.45) is 0 Å². The maximum Gasteiger partial charge on any atom is 0.349 e. The summed E-state index contributed by atoms with van der Waals surface area (Å²) in [5, 5.41) is 19.7. The Morgan fingerprint density at radius 3 is 1.66 bits per heavy atom. The van der Waals surface area contributed by atoms with E-state index in [9.17, 15) is 24.6 Å². The number of carbonyl (C=O) groups is 3. The monoisotopic (exact) mass is 518 g/mol. The van der Waals surface area contributed by atoms with Crippen LogP contribution >= 0.6 is 23.2 Å². The maximum atomic E-state index is 13.3. The molecular formula is C25H20Cl2O8. The Kier molecular flexibility index (Phi) is 8.70. The van der Waals surface area contributed by atoms with Crippen LogP contribution in [0.1, 0.15) is 35.0 Å². The molecule has 3 atom stereocenters. The summed E-state index contributed by atoms with van der Waals surface area (Å²) in [5.41, 5.74) is 0.357. The molecule has 3 rings (SSSR count). The molecule has 0 bridgehead atoms. The molecule has 3 aromatic rings. The number of benzene rings is 3. The summed E-state index contributed by atoms with van der Waals surface area (Å²) >= 11 is 12.3. The van der Waals surface area contributed by atoms with Gasteiger partial charge in [-0.15, -0.1) is 0 Å². The number of esters is 1. The fraction of sp³-hybridized carbons (Fsp3) is 0.160. The molecule has 2 N–H and O–H groups in total. The lowest BCUT2D eigenvalue weighted by molar-refractivity contribution is -0.180. The standard InChI is InChI=1S/C25H20Cl2O8/c1-33-15-12-10-14(11-13-15)20(34-21(23(28)29)16-6-2-4-8-18(16)26)25(32)35-22(24(30)31)17-7-3-5-9-19(17)27/h2-13,20-22H,1H3,(H,28,29)(H,30,31)/t20?,21-,22-/m1/s1. The summed E-state index contributed by atoms with van der Waals surface area (Å²) in [7, 11) is 1.45. The van der Waals surface area contributed by atoms with Gasteiger partial charge >= 0.3 is 17.9 Å². The molecule has 0 heterocycles. The molecule has 182 valence electrons. The Balaban J connectivity index is 2.01. The first-order valence-electron chi connectivity index (χ1n) is 10.2. The molecule has 0 spiro atoms. The lowest BCUT2D eigenvalue weighted by Gasteiger charge is -2.24. The van der Waals surface area contributed by atoms with E-state index < -0.39 is 36.2 Å². The number of halogens is 2. The number of hydrogen-bond acceptors (Lipinski definition) is 6. The van der Waals surface area contributed by atoms with Crippen LogP contribution in [0.2, 0.25) is 10.0 Å². The van der Waals surface area contributed by atoms with E-state index in [4.69, 9.17) is 37.4 Å². The normalized spacial score (nSPS) is 13.3. The lowest BCUT2D eigenvalue weighted by atomic mass is 10.1. The highest BCUT2D eigenvalue weighted by Gasteiger charge is 2.36. The van der Waals surface area contributed by atoms with Crippen molar-refractivity contribution >= 4 is 41.1 Å². The third kappa shape index (κ3) is 6.30. The number of rotatable bonds is 10. The first-order valence-corrected chi connectivity index (χ1v) is 10.9.